The fraction of sp³-hybridized carbons (Fsp3) is 0.167. The minimum atomic E-state index is -3.66. The zero-order valence-electron chi connectivity index (χ0n) is 22.0. The molecule has 2 aromatic heterocycles. The van der Waals surface area contributed by atoms with Gasteiger partial charge in [0.2, 0.25) is 10.0 Å². The Bertz CT molecular complexity index is 1820. The molecule has 0 amide bonds. The number of fused-ring (bicyclic) bond motifs is 1. The number of sulfonamides is 1. The average Bonchev–Trinajstić information content (AvgIpc) is 3.54. The Morgan fingerprint density at radius 2 is 1.72 bits per heavy atom. The summed E-state index contributed by atoms with van der Waals surface area (Å²) in [6.45, 7) is 4.39. The molecule has 2 heterocycles. The first-order valence-corrected chi connectivity index (χ1v) is 14.1. The van der Waals surface area contributed by atoms with E-state index in [2.05, 4.69) is 6.07 Å². The number of aromatic nitrogens is 4. The molecule has 196 valence electrons. The normalized spacial score (nSPS) is 12.2. The first-order chi connectivity index (χ1) is 18.9. The molecule has 0 radical (unpaired) electrons. The Kier molecular flexibility index (Phi) is 7.15. The quantitative estimate of drug-likeness (QED) is 0.243. The maximum Gasteiger partial charge on any atom is 0.243 e. The van der Waals surface area contributed by atoms with Gasteiger partial charge < -0.3 is 4.57 Å². The van der Waals surface area contributed by atoms with Crippen LogP contribution in [0.1, 0.15) is 25.2 Å². The number of aryl methyl sites for hydroxylation is 1. The van der Waals surface area contributed by atoms with E-state index in [0.29, 0.717) is 41.3 Å². The number of hydrogen-bond donors (Lipinski definition) is 0. The maximum atomic E-state index is 13.3. The van der Waals surface area contributed by atoms with Crippen LogP contribution in [0.3, 0.4) is 0 Å². The predicted molar refractivity (Wildman–Crippen MR) is 153 cm³/mol. The molecule has 0 saturated heterocycles. The minimum Gasteiger partial charge on any atom is -0.327 e. The smallest absolute Gasteiger partial charge is 0.243 e. The number of nitrogens with zero attached hydrogens (tertiary/aromatic N) is 6. The predicted octanol–water partition coefficient (Wildman–Crippen LogP) is 5.52. The van der Waals surface area contributed by atoms with E-state index in [0.717, 1.165) is 16.7 Å². The van der Waals surface area contributed by atoms with Crippen molar-refractivity contribution < 1.29 is 8.42 Å². The summed E-state index contributed by atoms with van der Waals surface area (Å²) in [7, 11) is -1.78. The molecular weight excluding hydrogens is 508 g/mol. The van der Waals surface area contributed by atoms with Gasteiger partial charge in [-0.2, -0.15) is 14.7 Å². The van der Waals surface area contributed by atoms with Crippen LogP contribution in [0.4, 0.5) is 0 Å². The van der Waals surface area contributed by atoms with Gasteiger partial charge in [-0.25, -0.2) is 18.1 Å². The van der Waals surface area contributed by atoms with Crippen LogP contribution < -0.4 is 0 Å². The van der Waals surface area contributed by atoms with Gasteiger partial charge in [-0.3, -0.25) is 0 Å². The van der Waals surface area contributed by atoms with Crippen LogP contribution in [0.25, 0.3) is 39.6 Å². The van der Waals surface area contributed by atoms with Crippen molar-refractivity contribution in [2.24, 2.45) is 7.05 Å². The van der Waals surface area contributed by atoms with Gasteiger partial charge >= 0.3 is 0 Å². The van der Waals surface area contributed by atoms with Crippen LogP contribution in [-0.2, 0) is 17.1 Å². The molecule has 3 aromatic carbocycles. The second-order valence-corrected chi connectivity index (χ2v) is 10.9. The van der Waals surface area contributed by atoms with Gasteiger partial charge in [-0.05, 0) is 42.5 Å². The summed E-state index contributed by atoms with van der Waals surface area (Å²) in [5.74, 6) is 0.537. The SMILES string of the molecule is CCN(CC)S(=O)(=O)c1cccc(-c2nn(-c3ccccc3)cc2C=C(C#N)c2nc3ccccc3n2C)c1. The monoisotopic (exact) mass is 536 g/mol. The standard InChI is InChI=1S/C30H28N6O2S/c1-4-35(5-2)39(37,38)26-15-11-12-22(19-26)29-24(21-36(33-29)25-13-7-6-8-14-25)18-23(20-31)30-32-27-16-9-10-17-28(27)34(30)3/h6-19,21H,4-5H2,1-3H3. The fourth-order valence-corrected chi connectivity index (χ4v) is 6.14. The van der Waals surface area contributed by atoms with Gasteiger partial charge in [0.05, 0.1) is 27.2 Å². The summed E-state index contributed by atoms with van der Waals surface area (Å²) >= 11 is 0. The van der Waals surface area contributed by atoms with Crippen LogP contribution >= 0.6 is 0 Å². The average molecular weight is 537 g/mol. The number of allylic oxidation sites excluding steroid dienone is 1. The second-order valence-electron chi connectivity index (χ2n) is 8.98. The van der Waals surface area contributed by atoms with Gasteiger partial charge in [0.1, 0.15) is 11.8 Å². The Balaban J connectivity index is 1.69. The second kappa shape index (κ2) is 10.7. The van der Waals surface area contributed by atoms with E-state index in [4.69, 9.17) is 10.1 Å². The molecule has 0 aliphatic heterocycles. The topological polar surface area (TPSA) is 96.8 Å². The third-order valence-electron chi connectivity index (χ3n) is 6.66. The Morgan fingerprint density at radius 3 is 2.41 bits per heavy atom. The number of rotatable bonds is 8. The van der Waals surface area contributed by atoms with Crippen LogP contribution in [-0.4, -0.2) is 45.1 Å². The van der Waals surface area contributed by atoms with E-state index in [1.807, 2.05) is 92.3 Å². The van der Waals surface area contributed by atoms with Crippen molar-refractivity contribution in [3.63, 3.8) is 0 Å². The number of imidazole rings is 1. The molecular formula is C30H28N6O2S. The van der Waals surface area contributed by atoms with Crippen molar-refractivity contribution in [3.8, 4) is 23.0 Å². The Hall–Kier alpha value is -4.52. The molecule has 5 rings (SSSR count). The lowest BCUT2D eigenvalue weighted by Crippen LogP contribution is -2.30. The lowest BCUT2D eigenvalue weighted by Gasteiger charge is -2.18. The van der Waals surface area contributed by atoms with Gasteiger partial charge in [0.15, 0.2) is 5.82 Å². The number of hydrogen-bond acceptors (Lipinski definition) is 5. The highest BCUT2D eigenvalue weighted by molar-refractivity contribution is 7.89. The van der Waals surface area contributed by atoms with Crippen LogP contribution in [0.5, 0.6) is 0 Å². The van der Waals surface area contributed by atoms with Gasteiger partial charge in [0.25, 0.3) is 0 Å². The number of nitriles is 1. The van der Waals surface area contributed by atoms with Crippen LogP contribution in [0.15, 0.2) is 90.0 Å². The summed E-state index contributed by atoms with van der Waals surface area (Å²) in [6.07, 6.45) is 3.60. The molecule has 0 aliphatic rings. The van der Waals surface area contributed by atoms with E-state index in [9.17, 15) is 13.7 Å². The van der Waals surface area contributed by atoms with Crippen molar-refractivity contribution in [2.45, 2.75) is 18.7 Å². The summed E-state index contributed by atoms with van der Waals surface area (Å²) in [5, 5.41) is 15.0. The van der Waals surface area contributed by atoms with E-state index in [1.54, 1.807) is 29.0 Å². The number of benzene rings is 3. The molecule has 0 saturated carbocycles. The first kappa shape index (κ1) is 26.1. The zero-order valence-corrected chi connectivity index (χ0v) is 22.8. The molecule has 9 heteroatoms. The van der Waals surface area contributed by atoms with Crippen molar-refractivity contribution in [3.05, 3.63) is 96.4 Å². The highest BCUT2D eigenvalue weighted by Crippen LogP contribution is 2.30. The lowest BCUT2D eigenvalue weighted by molar-refractivity contribution is 0.445. The third kappa shape index (κ3) is 4.88. The zero-order chi connectivity index (χ0) is 27.6. The molecule has 0 aliphatic carbocycles. The molecule has 0 N–H and O–H groups in total. The van der Waals surface area contributed by atoms with Crippen LogP contribution in [0, 0.1) is 11.3 Å². The highest BCUT2D eigenvalue weighted by atomic mass is 32.2. The Labute approximate surface area is 228 Å². The van der Waals surface area contributed by atoms with Crippen LogP contribution in [0.2, 0.25) is 0 Å². The maximum absolute atomic E-state index is 13.3. The molecule has 39 heavy (non-hydrogen) atoms. The summed E-state index contributed by atoms with van der Waals surface area (Å²) < 4.78 is 31.6. The van der Waals surface area contributed by atoms with Gasteiger partial charge in [-0.15, -0.1) is 0 Å². The fourth-order valence-electron chi connectivity index (χ4n) is 4.64. The van der Waals surface area contributed by atoms with Crippen molar-refractivity contribution in [1.29, 1.82) is 5.26 Å². The molecule has 5 aromatic rings. The molecule has 0 atom stereocenters. The highest BCUT2D eigenvalue weighted by Gasteiger charge is 2.23. The van der Waals surface area contributed by atoms with Crippen molar-refractivity contribution >= 4 is 32.7 Å². The molecule has 0 spiro atoms. The number of para-hydroxylation sites is 3. The minimum absolute atomic E-state index is 0.198. The summed E-state index contributed by atoms with van der Waals surface area (Å²) in [5.41, 5.74) is 4.78. The largest absolute Gasteiger partial charge is 0.327 e. The summed E-state index contributed by atoms with van der Waals surface area (Å²) in [6, 6.07) is 26.4. The van der Waals surface area contributed by atoms with Crippen molar-refractivity contribution in [1.82, 2.24) is 23.6 Å². The molecule has 0 unspecified atom stereocenters. The van der Waals surface area contributed by atoms with E-state index in [1.165, 1.54) is 4.31 Å². The lowest BCUT2D eigenvalue weighted by atomic mass is 10.1. The van der Waals surface area contributed by atoms with E-state index in [-0.39, 0.29) is 4.90 Å². The van der Waals surface area contributed by atoms with Gasteiger partial charge in [0, 0.05) is 37.5 Å². The van der Waals surface area contributed by atoms with E-state index < -0.39 is 10.0 Å². The summed E-state index contributed by atoms with van der Waals surface area (Å²) in [4.78, 5) is 4.89. The van der Waals surface area contributed by atoms with Crippen molar-refractivity contribution in [2.75, 3.05) is 13.1 Å². The van der Waals surface area contributed by atoms with Gasteiger partial charge in [-0.1, -0.05) is 56.3 Å². The molecule has 0 bridgehead atoms. The van der Waals surface area contributed by atoms with E-state index >= 15 is 0 Å². The first-order valence-electron chi connectivity index (χ1n) is 12.7. The molecule has 8 nitrogen and oxygen atoms in total. The Morgan fingerprint density at radius 1 is 1.00 bits per heavy atom. The third-order valence-corrected chi connectivity index (χ3v) is 8.71. The molecule has 0 fully saturated rings.